The Morgan fingerprint density at radius 1 is 1.08 bits per heavy atom. The van der Waals surface area contributed by atoms with E-state index < -0.39 is 0 Å². The van der Waals surface area contributed by atoms with Crippen molar-refractivity contribution in [3.05, 3.63) is 58.9 Å². The van der Waals surface area contributed by atoms with E-state index in [-0.39, 0.29) is 11.4 Å². The Bertz CT molecular complexity index is 786. The van der Waals surface area contributed by atoms with Crippen LogP contribution in [0.5, 0.6) is 11.5 Å². The van der Waals surface area contributed by atoms with Crippen LogP contribution in [0.2, 0.25) is 0 Å². The third-order valence-corrected chi connectivity index (χ3v) is 5.88. The minimum atomic E-state index is -0.194. The highest BCUT2D eigenvalue weighted by molar-refractivity contribution is 5.47. The molecule has 3 aliphatic rings. The predicted octanol–water partition coefficient (Wildman–Crippen LogP) is 5.53. The number of fused-ring (bicyclic) bond motifs is 1. The molecular formula is C22H23FO2. The van der Waals surface area contributed by atoms with Crippen molar-refractivity contribution >= 4 is 0 Å². The maximum absolute atomic E-state index is 14.1. The average Bonchev–Trinajstić information content (AvgIpc) is 3.27. The SMILES string of the molecule is Fc1cc(COc2ccc(C3CC3)cc2)c2c(c1)CC1(CCCC1)O2. The molecular weight excluding hydrogens is 315 g/mol. The lowest BCUT2D eigenvalue weighted by Crippen LogP contribution is -2.30. The zero-order valence-corrected chi connectivity index (χ0v) is 14.4. The van der Waals surface area contributed by atoms with E-state index in [1.54, 1.807) is 12.1 Å². The van der Waals surface area contributed by atoms with Crippen molar-refractivity contribution in [1.29, 1.82) is 0 Å². The molecule has 0 saturated heterocycles. The van der Waals surface area contributed by atoms with Crippen molar-refractivity contribution in [3.63, 3.8) is 0 Å². The van der Waals surface area contributed by atoms with Crippen molar-refractivity contribution in [2.45, 2.75) is 63.1 Å². The van der Waals surface area contributed by atoms with Crippen LogP contribution in [-0.2, 0) is 13.0 Å². The van der Waals surface area contributed by atoms with Crippen molar-refractivity contribution in [2.75, 3.05) is 0 Å². The van der Waals surface area contributed by atoms with Gasteiger partial charge in [0.25, 0.3) is 0 Å². The van der Waals surface area contributed by atoms with Crippen molar-refractivity contribution < 1.29 is 13.9 Å². The van der Waals surface area contributed by atoms with Gasteiger partial charge in [-0.1, -0.05) is 12.1 Å². The van der Waals surface area contributed by atoms with Crippen LogP contribution in [0.1, 0.15) is 61.1 Å². The Hall–Kier alpha value is -2.03. The highest BCUT2D eigenvalue weighted by atomic mass is 19.1. The Balaban J connectivity index is 1.34. The summed E-state index contributed by atoms with van der Waals surface area (Å²) < 4.78 is 26.3. The summed E-state index contributed by atoms with van der Waals surface area (Å²) in [4.78, 5) is 0. The van der Waals surface area contributed by atoms with Gasteiger partial charge in [-0.25, -0.2) is 4.39 Å². The molecule has 2 fully saturated rings. The summed E-state index contributed by atoms with van der Waals surface area (Å²) in [6, 6.07) is 11.5. The topological polar surface area (TPSA) is 18.5 Å². The van der Waals surface area contributed by atoms with Gasteiger partial charge in [0.1, 0.15) is 29.5 Å². The second-order valence-corrected chi connectivity index (χ2v) is 7.85. The molecule has 2 saturated carbocycles. The monoisotopic (exact) mass is 338 g/mol. The number of halogens is 1. The standard InChI is InChI=1S/C22H23FO2/c23-19-11-17-13-22(9-1-2-10-22)25-21(17)18(12-19)14-24-20-7-5-16(6-8-20)15-3-4-15/h5-8,11-12,15H,1-4,9-10,13-14H2. The molecule has 0 radical (unpaired) electrons. The summed E-state index contributed by atoms with van der Waals surface area (Å²) in [7, 11) is 0. The smallest absolute Gasteiger partial charge is 0.130 e. The van der Waals surface area contributed by atoms with Crippen LogP contribution in [0.15, 0.2) is 36.4 Å². The molecule has 5 rings (SSSR count). The fourth-order valence-corrected chi connectivity index (χ4v) is 4.39. The van der Waals surface area contributed by atoms with E-state index in [0.717, 1.165) is 47.8 Å². The number of benzene rings is 2. The quantitative estimate of drug-likeness (QED) is 0.730. The molecule has 0 bridgehead atoms. The first kappa shape index (κ1) is 15.2. The molecule has 1 spiro atoms. The van der Waals surface area contributed by atoms with Crippen molar-refractivity contribution in [1.82, 2.24) is 0 Å². The van der Waals surface area contributed by atoms with Gasteiger partial charge in [0, 0.05) is 17.5 Å². The molecule has 0 atom stereocenters. The first-order chi connectivity index (χ1) is 12.2. The third kappa shape index (κ3) is 2.90. The summed E-state index contributed by atoms with van der Waals surface area (Å²) in [5.74, 6) is 2.24. The van der Waals surface area contributed by atoms with E-state index in [1.807, 2.05) is 12.1 Å². The lowest BCUT2D eigenvalue weighted by atomic mass is 9.95. The summed E-state index contributed by atoms with van der Waals surface area (Å²) in [6.07, 6.45) is 8.00. The van der Waals surface area contributed by atoms with Gasteiger partial charge in [-0.05, 0) is 74.3 Å². The second-order valence-electron chi connectivity index (χ2n) is 7.85. The van der Waals surface area contributed by atoms with Gasteiger partial charge in [0.2, 0.25) is 0 Å². The first-order valence-electron chi connectivity index (χ1n) is 9.44. The van der Waals surface area contributed by atoms with Gasteiger partial charge in [-0.3, -0.25) is 0 Å². The number of ether oxygens (including phenoxy) is 2. The van der Waals surface area contributed by atoms with E-state index in [0.29, 0.717) is 6.61 Å². The lowest BCUT2D eigenvalue weighted by Gasteiger charge is -2.23. The molecule has 2 aromatic carbocycles. The molecule has 25 heavy (non-hydrogen) atoms. The van der Waals surface area contributed by atoms with Crippen LogP contribution in [0.4, 0.5) is 4.39 Å². The molecule has 0 amide bonds. The fraction of sp³-hybridized carbons (Fsp3) is 0.455. The first-order valence-corrected chi connectivity index (χ1v) is 9.44. The van der Waals surface area contributed by atoms with E-state index in [9.17, 15) is 4.39 Å². The molecule has 0 aromatic heterocycles. The minimum Gasteiger partial charge on any atom is -0.489 e. The van der Waals surface area contributed by atoms with Gasteiger partial charge in [0.15, 0.2) is 0 Å². The van der Waals surface area contributed by atoms with E-state index in [4.69, 9.17) is 9.47 Å². The van der Waals surface area contributed by atoms with Gasteiger partial charge in [-0.15, -0.1) is 0 Å². The summed E-state index contributed by atoms with van der Waals surface area (Å²) >= 11 is 0. The molecule has 1 heterocycles. The summed E-state index contributed by atoms with van der Waals surface area (Å²) in [5, 5.41) is 0. The minimum absolute atomic E-state index is 0.0865. The van der Waals surface area contributed by atoms with Crippen LogP contribution in [0.3, 0.4) is 0 Å². The number of hydrogen-bond donors (Lipinski definition) is 0. The molecule has 130 valence electrons. The van der Waals surface area contributed by atoms with E-state index in [2.05, 4.69) is 12.1 Å². The van der Waals surface area contributed by atoms with Crippen LogP contribution in [0.25, 0.3) is 0 Å². The molecule has 0 N–H and O–H groups in total. The van der Waals surface area contributed by atoms with Crippen LogP contribution in [0, 0.1) is 5.82 Å². The van der Waals surface area contributed by atoms with E-state index in [1.165, 1.54) is 31.2 Å². The Morgan fingerprint density at radius 2 is 1.84 bits per heavy atom. The van der Waals surface area contributed by atoms with Gasteiger partial charge in [-0.2, -0.15) is 0 Å². The molecule has 1 aliphatic heterocycles. The number of hydrogen-bond acceptors (Lipinski definition) is 2. The number of rotatable bonds is 4. The molecule has 3 heteroatoms. The Labute approximate surface area is 148 Å². The third-order valence-electron chi connectivity index (χ3n) is 5.88. The molecule has 0 unspecified atom stereocenters. The predicted molar refractivity (Wildman–Crippen MR) is 94.7 cm³/mol. The van der Waals surface area contributed by atoms with Gasteiger partial charge >= 0.3 is 0 Å². The Kier molecular flexibility index (Phi) is 3.51. The normalized spacial score (nSPS) is 20.5. The summed E-state index contributed by atoms with van der Waals surface area (Å²) in [6.45, 7) is 0.346. The maximum atomic E-state index is 14.1. The van der Waals surface area contributed by atoms with Gasteiger partial charge in [0.05, 0.1) is 0 Å². The van der Waals surface area contributed by atoms with E-state index >= 15 is 0 Å². The highest BCUT2D eigenvalue weighted by Gasteiger charge is 2.42. The zero-order chi connectivity index (χ0) is 16.9. The Morgan fingerprint density at radius 3 is 2.56 bits per heavy atom. The van der Waals surface area contributed by atoms with Crippen LogP contribution >= 0.6 is 0 Å². The van der Waals surface area contributed by atoms with Gasteiger partial charge < -0.3 is 9.47 Å². The summed E-state index contributed by atoms with van der Waals surface area (Å²) in [5.41, 5.74) is 3.14. The van der Waals surface area contributed by atoms with Crippen LogP contribution < -0.4 is 9.47 Å². The average molecular weight is 338 g/mol. The fourth-order valence-electron chi connectivity index (χ4n) is 4.39. The lowest BCUT2D eigenvalue weighted by molar-refractivity contribution is 0.100. The molecule has 2 nitrogen and oxygen atoms in total. The molecule has 2 aromatic rings. The highest BCUT2D eigenvalue weighted by Crippen LogP contribution is 2.46. The zero-order valence-electron chi connectivity index (χ0n) is 14.4. The second kappa shape index (κ2) is 5.76. The van der Waals surface area contributed by atoms with Crippen molar-refractivity contribution in [3.8, 4) is 11.5 Å². The largest absolute Gasteiger partial charge is 0.489 e. The van der Waals surface area contributed by atoms with Crippen LogP contribution in [-0.4, -0.2) is 5.60 Å². The van der Waals surface area contributed by atoms with Crippen molar-refractivity contribution in [2.24, 2.45) is 0 Å². The molecule has 2 aliphatic carbocycles. The maximum Gasteiger partial charge on any atom is 0.130 e.